The predicted octanol–water partition coefficient (Wildman–Crippen LogP) is 0.405. The molecule has 0 saturated heterocycles. The highest BCUT2D eigenvalue weighted by atomic mass is 19.4. The number of amides is 2. The normalized spacial score (nSPS) is 17.3. The Bertz CT molecular complexity index is 253. The number of carbonyl (C=O) groups excluding carboxylic acids is 2. The fraction of sp³-hybridized carbons (Fsp3) is 0.333. The molecule has 0 aromatic heterocycles. The molecule has 13 heavy (non-hydrogen) atoms. The maximum absolute atomic E-state index is 11.6. The molecule has 1 rings (SSSR count). The number of hydroxylamine groups is 2. The second kappa shape index (κ2) is 3.17. The first kappa shape index (κ1) is 9.72. The molecule has 7 heteroatoms. The van der Waals surface area contributed by atoms with Crippen LogP contribution in [0.1, 0.15) is 0 Å². The third-order valence-electron chi connectivity index (χ3n) is 1.13. The van der Waals surface area contributed by atoms with Gasteiger partial charge in [0.05, 0.1) is 0 Å². The van der Waals surface area contributed by atoms with Gasteiger partial charge in [0.1, 0.15) is 0 Å². The molecule has 0 aliphatic carbocycles. The summed E-state index contributed by atoms with van der Waals surface area (Å²) in [5.74, 6) is -1.82. The predicted molar refractivity (Wildman–Crippen MR) is 33.0 cm³/mol. The molecular formula is C6H4F3NO3. The second-order valence-electron chi connectivity index (χ2n) is 2.19. The van der Waals surface area contributed by atoms with Crippen LogP contribution in [0.3, 0.4) is 0 Å². The maximum atomic E-state index is 11.6. The number of hydrogen-bond acceptors (Lipinski definition) is 3. The molecule has 1 heterocycles. The van der Waals surface area contributed by atoms with Gasteiger partial charge in [-0.1, -0.05) is 0 Å². The summed E-state index contributed by atoms with van der Waals surface area (Å²) in [5.41, 5.74) is 0. The maximum Gasteiger partial charge on any atom is 0.414 e. The molecule has 0 aromatic rings. The Morgan fingerprint density at radius 1 is 1.23 bits per heavy atom. The summed E-state index contributed by atoms with van der Waals surface area (Å²) >= 11 is 0. The Balaban J connectivity index is 2.47. The smallest absolute Gasteiger partial charge is 0.267 e. The molecule has 0 fully saturated rings. The summed E-state index contributed by atoms with van der Waals surface area (Å²) in [5, 5.41) is 0.0630. The third-order valence-corrected chi connectivity index (χ3v) is 1.13. The zero-order valence-electron chi connectivity index (χ0n) is 6.17. The number of imide groups is 1. The first-order valence-corrected chi connectivity index (χ1v) is 3.16. The van der Waals surface area contributed by atoms with Crippen molar-refractivity contribution >= 4 is 11.8 Å². The molecule has 0 aromatic carbocycles. The zero-order chi connectivity index (χ0) is 10.1. The molecule has 0 N–H and O–H groups in total. The van der Waals surface area contributed by atoms with Gasteiger partial charge in [-0.2, -0.15) is 13.2 Å². The van der Waals surface area contributed by atoms with Crippen LogP contribution in [0.5, 0.6) is 0 Å². The van der Waals surface area contributed by atoms with Crippen LogP contribution >= 0.6 is 0 Å². The van der Waals surface area contributed by atoms with Crippen molar-refractivity contribution in [3.63, 3.8) is 0 Å². The van der Waals surface area contributed by atoms with Crippen molar-refractivity contribution in [2.75, 3.05) is 6.61 Å². The van der Waals surface area contributed by atoms with E-state index in [2.05, 4.69) is 4.84 Å². The number of hydrogen-bond donors (Lipinski definition) is 0. The van der Waals surface area contributed by atoms with Crippen LogP contribution in [0.2, 0.25) is 0 Å². The van der Waals surface area contributed by atoms with Gasteiger partial charge in [0, 0.05) is 12.2 Å². The average molecular weight is 195 g/mol. The fourth-order valence-corrected chi connectivity index (χ4v) is 0.652. The zero-order valence-corrected chi connectivity index (χ0v) is 6.17. The van der Waals surface area contributed by atoms with Gasteiger partial charge >= 0.3 is 6.18 Å². The lowest BCUT2D eigenvalue weighted by Crippen LogP contribution is -2.34. The van der Waals surface area contributed by atoms with Crippen molar-refractivity contribution < 1.29 is 27.6 Å². The molecule has 1 aliphatic rings. The Morgan fingerprint density at radius 2 is 1.69 bits per heavy atom. The highest BCUT2D eigenvalue weighted by Crippen LogP contribution is 2.16. The van der Waals surface area contributed by atoms with E-state index >= 15 is 0 Å². The van der Waals surface area contributed by atoms with Crippen LogP contribution < -0.4 is 0 Å². The summed E-state index contributed by atoms with van der Waals surface area (Å²) < 4.78 is 34.7. The Hall–Kier alpha value is -1.37. The molecule has 1 aliphatic heterocycles. The largest absolute Gasteiger partial charge is 0.414 e. The van der Waals surface area contributed by atoms with Crippen LogP contribution in [0.15, 0.2) is 12.2 Å². The van der Waals surface area contributed by atoms with Crippen molar-refractivity contribution in [2.45, 2.75) is 6.18 Å². The Kier molecular flexibility index (Phi) is 2.37. The van der Waals surface area contributed by atoms with E-state index in [1.807, 2.05) is 0 Å². The van der Waals surface area contributed by atoms with E-state index in [-0.39, 0.29) is 5.06 Å². The molecule has 4 nitrogen and oxygen atoms in total. The average Bonchev–Trinajstić information content (AvgIpc) is 2.27. The van der Waals surface area contributed by atoms with E-state index in [0.29, 0.717) is 0 Å². The van der Waals surface area contributed by atoms with E-state index in [0.717, 1.165) is 12.2 Å². The van der Waals surface area contributed by atoms with Crippen molar-refractivity contribution in [1.29, 1.82) is 0 Å². The SMILES string of the molecule is O=C1C=CC(=O)N1OCC(F)(F)F. The minimum atomic E-state index is -4.57. The monoisotopic (exact) mass is 195 g/mol. The van der Waals surface area contributed by atoms with E-state index in [1.165, 1.54) is 0 Å². The molecule has 0 saturated carbocycles. The number of nitrogens with zero attached hydrogens (tertiary/aromatic N) is 1. The highest BCUT2D eigenvalue weighted by Gasteiger charge is 2.33. The molecule has 0 atom stereocenters. The van der Waals surface area contributed by atoms with Crippen LogP contribution in [-0.2, 0) is 14.4 Å². The quantitative estimate of drug-likeness (QED) is 0.599. The van der Waals surface area contributed by atoms with E-state index in [1.54, 1.807) is 0 Å². The molecule has 0 radical (unpaired) electrons. The van der Waals surface area contributed by atoms with Crippen LogP contribution in [-0.4, -0.2) is 29.7 Å². The molecule has 0 bridgehead atoms. The van der Waals surface area contributed by atoms with E-state index < -0.39 is 24.6 Å². The van der Waals surface area contributed by atoms with Gasteiger partial charge in [0.15, 0.2) is 6.61 Å². The van der Waals surface area contributed by atoms with Crippen LogP contribution in [0.4, 0.5) is 13.2 Å². The highest BCUT2D eigenvalue weighted by molar-refractivity contribution is 6.11. The van der Waals surface area contributed by atoms with Crippen molar-refractivity contribution in [3.8, 4) is 0 Å². The Labute approximate surface area is 70.5 Å². The molecular weight excluding hydrogens is 191 g/mol. The third kappa shape index (κ3) is 2.55. The minimum Gasteiger partial charge on any atom is -0.267 e. The standard InChI is InChI=1S/C6H4F3NO3/c7-6(8,9)3-13-10-4(11)1-2-5(10)12/h1-2H,3H2. The minimum absolute atomic E-state index is 0.0630. The van der Waals surface area contributed by atoms with Gasteiger partial charge in [-0.15, -0.1) is 5.06 Å². The van der Waals surface area contributed by atoms with Gasteiger partial charge in [0.25, 0.3) is 11.8 Å². The number of alkyl halides is 3. The molecule has 2 amide bonds. The van der Waals surface area contributed by atoms with Crippen molar-refractivity contribution in [3.05, 3.63) is 12.2 Å². The van der Waals surface area contributed by atoms with Gasteiger partial charge in [-0.25, -0.2) is 0 Å². The van der Waals surface area contributed by atoms with E-state index in [9.17, 15) is 22.8 Å². The van der Waals surface area contributed by atoms with Gasteiger partial charge < -0.3 is 0 Å². The molecule has 0 spiro atoms. The summed E-state index contributed by atoms with van der Waals surface area (Å²) in [4.78, 5) is 25.2. The topological polar surface area (TPSA) is 46.6 Å². The lowest BCUT2D eigenvalue weighted by Gasteiger charge is -2.14. The van der Waals surface area contributed by atoms with E-state index in [4.69, 9.17) is 0 Å². The van der Waals surface area contributed by atoms with Gasteiger partial charge in [-0.3, -0.25) is 14.4 Å². The lowest BCUT2D eigenvalue weighted by atomic mass is 10.6. The first-order chi connectivity index (χ1) is 5.90. The van der Waals surface area contributed by atoms with Crippen molar-refractivity contribution in [1.82, 2.24) is 5.06 Å². The molecule has 72 valence electrons. The van der Waals surface area contributed by atoms with Gasteiger partial charge in [0.2, 0.25) is 0 Å². The summed E-state index contributed by atoms with van der Waals surface area (Å²) in [6.07, 6.45) is -2.90. The summed E-state index contributed by atoms with van der Waals surface area (Å²) in [6, 6.07) is 0. The number of rotatable bonds is 2. The number of carbonyl (C=O) groups is 2. The molecule has 0 unspecified atom stereocenters. The second-order valence-corrected chi connectivity index (χ2v) is 2.19. The number of halogens is 3. The lowest BCUT2D eigenvalue weighted by molar-refractivity contribution is -0.237. The fourth-order valence-electron chi connectivity index (χ4n) is 0.652. The van der Waals surface area contributed by atoms with Crippen molar-refractivity contribution in [2.24, 2.45) is 0 Å². The summed E-state index contributed by atoms with van der Waals surface area (Å²) in [6.45, 7) is -1.66. The first-order valence-electron chi connectivity index (χ1n) is 3.16. The van der Waals surface area contributed by atoms with Crippen LogP contribution in [0, 0.1) is 0 Å². The summed E-state index contributed by atoms with van der Waals surface area (Å²) in [7, 11) is 0. The Morgan fingerprint density at radius 3 is 2.08 bits per heavy atom. The van der Waals surface area contributed by atoms with Gasteiger partial charge in [-0.05, 0) is 0 Å². The van der Waals surface area contributed by atoms with Crippen LogP contribution in [0.25, 0.3) is 0 Å².